The molecule has 0 saturated heterocycles. The van der Waals surface area contributed by atoms with Crippen molar-refractivity contribution < 1.29 is 14.3 Å². The summed E-state index contributed by atoms with van der Waals surface area (Å²) in [6, 6.07) is 0. The smallest absolute Gasteiger partial charge is 0.350 e. The van der Waals surface area contributed by atoms with Crippen molar-refractivity contribution in [2.45, 2.75) is 44.5 Å². The third kappa shape index (κ3) is 4.88. The summed E-state index contributed by atoms with van der Waals surface area (Å²) in [6.07, 6.45) is 0.503. The van der Waals surface area contributed by atoms with Crippen LogP contribution in [0.15, 0.2) is 9.95 Å². The number of aryl methyl sites for hydroxylation is 2. The van der Waals surface area contributed by atoms with E-state index in [0.29, 0.717) is 22.1 Å². The standard InChI is InChI=1S/C15H19N5O4S2/c1-5-9(25-15-17-11(21)8(4)19-20-15)12(22)18-14-16-7(3)10(26-14)13(23)24-6-2/h9H,5-6H2,1-4H3,(H,16,18,22)(H,17,20,21). The normalized spacial score (nSPS) is 11.8. The maximum absolute atomic E-state index is 12.5. The van der Waals surface area contributed by atoms with Crippen LogP contribution in [0.3, 0.4) is 0 Å². The number of thiazole rings is 1. The average Bonchev–Trinajstić information content (AvgIpc) is 2.96. The van der Waals surface area contributed by atoms with E-state index in [2.05, 4.69) is 25.5 Å². The van der Waals surface area contributed by atoms with E-state index in [0.717, 1.165) is 23.1 Å². The zero-order valence-electron chi connectivity index (χ0n) is 14.8. The van der Waals surface area contributed by atoms with E-state index in [9.17, 15) is 14.4 Å². The first-order chi connectivity index (χ1) is 12.3. The number of rotatable bonds is 7. The fraction of sp³-hybridized carbons (Fsp3) is 0.467. The largest absolute Gasteiger partial charge is 0.462 e. The van der Waals surface area contributed by atoms with Crippen LogP contribution in [0.4, 0.5) is 5.13 Å². The van der Waals surface area contributed by atoms with Crippen LogP contribution in [-0.2, 0) is 9.53 Å². The number of carbonyl (C=O) groups is 2. The summed E-state index contributed by atoms with van der Waals surface area (Å²) >= 11 is 2.17. The van der Waals surface area contributed by atoms with Crippen LogP contribution < -0.4 is 10.9 Å². The van der Waals surface area contributed by atoms with E-state index < -0.39 is 11.2 Å². The molecule has 2 aromatic rings. The van der Waals surface area contributed by atoms with Gasteiger partial charge in [0, 0.05) is 0 Å². The maximum Gasteiger partial charge on any atom is 0.350 e. The molecule has 0 spiro atoms. The first kappa shape index (κ1) is 20.0. The molecule has 1 amide bonds. The first-order valence-electron chi connectivity index (χ1n) is 7.91. The summed E-state index contributed by atoms with van der Waals surface area (Å²) in [5.74, 6) is -0.762. The molecular formula is C15H19N5O4S2. The third-order valence-electron chi connectivity index (χ3n) is 3.24. The molecule has 0 saturated carbocycles. The topological polar surface area (TPSA) is 127 Å². The van der Waals surface area contributed by atoms with Gasteiger partial charge >= 0.3 is 5.97 Å². The van der Waals surface area contributed by atoms with Crippen molar-refractivity contribution >= 4 is 40.1 Å². The van der Waals surface area contributed by atoms with Gasteiger partial charge in [-0.25, -0.2) is 9.78 Å². The predicted octanol–water partition coefficient (Wildman–Crippen LogP) is 1.92. The number of amides is 1. The van der Waals surface area contributed by atoms with Crippen molar-refractivity contribution in [2.75, 3.05) is 11.9 Å². The molecule has 11 heteroatoms. The van der Waals surface area contributed by atoms with Gasteiger partial charge in [-0.2, -0.15) is 0 Å². The van der Waals surface area contributed by atoms with E-state index in [1.54, 1.807) is 20.8 Å². The van der Waals surface area contributed by atoms with Crippen molar-refractivity contribution in [3.05, 3.63) is 26.6 Å². The Kier molecular flexibility index (Phi) is 6.86. The number of hydrogen-bond donors (Lipinski definition) is 2. The van der Waals surface area contributed by atoms with Gasteiger partial charge in [-0.1, -0.05) is 30.0 Å². The molecule has 2 aromatic heterocycles. The summed E-state index contributed by atoms with van der Waals surface area (Å²) in [7, 11) is 0. The summed E-state index contributed by atoms with van der Waals surface area (Å²) in [4.78, 5) is 43.1. The molecule has 2 N–H and O–H groups in total. The number of nitrogens with zero attached hydrogens (tertiary/aromatic N) is 3. The second-order valence-electron chi connectivity index (χ2n) is 5.20. The number of hydrogen-bond acceptors (Lipinski definition) is 9. The first-order valence-corrected chi connectivity index (χ1v) is 9.60. The van der Waals surface area contributed by atoms with Crippen molar-refractivity contribution in [2.24, 2.45) is 0 Å². The lowest BCUT2D eigenvalue weighted by atomic mass is 10.3. The van der Waals surface area contributed by atoms with Crippen LogP contribution in [0.5, 0.6) is 0 Å². The molecule has 1 unspecified atom stereocenters. The molecule has 2 rings (SSSR count). The predicted molar refractivity (Wildman–Crippen MR) is 98.8 cm³/mol. The molecule has 0 aliphatic rings. The highest BCUT2D eigenvalue weighted by Gasteiger charge is 2.23. The van der Waals surface area contributed by atoms with Crippen LogP contribution >= 0.6 is 23.1 Å². The Bertz CT molecular complexity index is 864. The van der Waals surface area contributed by atoms with Gasteiger partial charge in [0.15, 0.2) is 10.3 Å². The molecule has 0 fully saturated rings. The van der Waals surface area contributed by atoms with Crippen LogP contribution in [0.1, 0.15) is 41.3 Å². The molecule has 2 heterocycles. The summed E-state index contributed by atoms with van der Waals surface area (Å²) < 4.78 is 4.96. The van der Waals surface area contributed by atoms with Crippen molar-refractivity contribution in [3.63, 3.8) is 0 Å². The van der Waals surface area contributed by atoms with Crippen molar-refractivity contribution in [1.82, 2.24) is 20.2 Å². The van der Waals surface area contributed by atoms with Crippen LogP contribution in [0.25, 0.3) is 0 Å². The van der Waals surface area contributed by atoms with E-state index in [4.69, 9.17) is 4.74 Å². The number of esters is 1. The molecule has 0 radical (unpaired) electrons. The zero-order valence-corrected chi connectivity index (χ0v) is 16.4. The van der Waals surface area contributed by atoms with E-state index in [-0.39, 0.29) is 28.9 Å². The van der Waals surface area contributed by atoms with Gasteiger partial charge in [-0.15, -0.1) is 10.2 Å². The van der Waals surface area contributed by atoms with Crippen molar-refractivity contribution in [3.8, 4) is 0 Å². The molecule has 140 valence electrons. The number of carbonyl (C=O) groups excluding carboxylic acids is 2. The highest BCUT2D eigenvalue weighted by atomic mass is 32.2. The molecule has 1 atom stereocenters. The Morgan fingerprint density at radius 3 is 2.62 bits per heavy atom. The highest BCUT2D eigenvalue weighted by molar-refractivity contribution is 8.00. The number of nitrogens with one attached hydrogen (secondary N) is 2. The van der Waals surface area contributed by atoms with Crippen LogP contribution in [-0.4, -0.2) is 43.9 Å². The lowest BCUT2D eigenvalue weighted by Gasteiger charge is -2.12. The van der Waals surface area contributed by atoms with E-state index in [1.165, 1.54) is 0 Å². The van der Waals surface area contributed by atoms with Crippen molar-refractivity contribution in [1.29, 1.82) is 0 Å². The van der Waals surface area contributed by atoms with E-state index >= 15 is 0 Å². The molecule has 0 aliphatic carbocycles. The van der Waals surface area contributed by atoms with Crippen LogP contribution in [0, 0.1) is 13.8 Å². The third-order valence-corrected chi connectivity index (χ3v) is 5.54. The Morgan fingerprint density at radius 2 is 2.00 bits per heavy atom. The van der Waals surface area contributed by atoms with Gasteiger partial charge in [0.05, 0.1) is 17.6 Å². The molecule has 0 aromatic carbocycles. The quantitative estimate of drug-likeness (QED) is 0.536. The average molecular weight is 397 g/mol. The summed E-state index contributed by atoms with van der Waals surface area (Å²) in [5.41, 5.74) is 0.419. The number of ether oxygens (including phenoxy) is 1. The number of aromatic nitrogens is 4. The fourth-order valence-corrected chi connectivity index (χ4v) is 3.62. The molecule has 9 nitrogen and oxygen atoms in total. The lowest BCUT2D eigenvalue weighted by molar-refractivity contribution is -0.115. The van der Waals surface area contributed by atoms with Gasteiger partial charge in [-0.3, -0.25) is 14.6 Å². The number of aromatic amines is 1. The minimum atomic E-state index is -0.502. The highest BCUT2D eigenvalue weighted by Crippen LogP contribution is 2.26. The Balaban J connectivity index is 2.09. The SMILES string of the molecule is CCOC(=O)c1sc(NC(=O)C(CC)Sc2nnc(C)c(=O)[nH]2)nc1C. The van der Waals surface area contributed by atoms with Gasteiger partial charge in [0.1, 0.15) is 10.6 Å². The minimum Gasteiger partial charge on any atom is -0.462 e. The molecule has 0 bridgehead atoms. The Labute approximate surface area is 158 Å². The maximum atomic E-state index is 12.5. The molecule has 26 heavy (non-hydrogen) atoms. The summed E-state index contributed by atoms with van der Waals surface area (Å²) in [5, 5.41) is 10.4. The second kappa shape index (κ2) is 8.90. The van der Waals surface area contributed by atoms with Gasteiger partial charge in [0.25, 0.3) is 5.56 Å². The van der Waals surface area contributed by atoms with Gasteiger partial charge in [0.2, 0.25) is 5.91 Å². The monoisotopic (exact) mass is 397 g/mol. The lowest BCUT2D eigenvalue weighted by Crippen LogP contribution is -2.25. The van der Waals surface area contributed by atoms with Gasteiger partial charge < -0.3 is 10.1 Å². The molecular weight excluding hydrogens is 378 g/mol. The second-order valence-corrected chi connectivity index (χ2v) is 7.39. The van der Waals surface area contributed by atoms with Crippen LogP contribution in [0.2, 0.25) is 0 Å². The summed E-state index contributed by atoms with van der Waals surface area (Å²) in [6.45, 7) is 7.06. The Hall–Kier alpha value is -2.27. The Morgan fingerprint density at radius 1 is 1.27 bits per heavy atom. The number of anilines is 1. The van der Waals surface area contributed by atoms with E-state index in [1.807, 2.05) is 6.92 Å². The fourth-order valence-electron chi connectivity index (χ4n) is 1.91. The molecule has 0 aliphatic heterocycles. The number of H-pyrrole nitrogens is 1. The van der Waals surface area contributed by atoms with Gasteiger partial charge in [-0.05, 0) is 27.2 Å². The minimum absolute atomic E-state index is 0.261. The zero-order chi connectivity index (χ0) is 19.3. The number of thioether (sulfide) groups is 1.